The molecule has 0 atom stereocenters. The maximum Gasteiger partial charge on any atom is 0.265 e. The summed E-state index contributed by atoms with van der Waals surface area (Å²) >= 11 is 0. The highest BCUT2D eigenvalue weighted by molar-refractivity contribution is 7.89. The maximum atomic E-state index is 12.8. The molecule has 0 radical (unpaired) electrons. The molecule has 1 aromatic carbocycles. The first-order chi connectivity index (χ1) is 10.9. The predicted octanol–water partition coefficient (Wildman–Crippen LogP) is 0.274. The minimum Gasteiger partial charge on any atom is -0.364 e. The number of aryl methyl sites for hydroxylation is 1. The Bertz CT molecular complexity index is 784. The van der Waals surface area contributed by atoms with Gasteiger partial charge in [-0.25, -0.2) is 8.42 Å². The van der Waals surface area contributed by atoms with Gasteiger partial charge in [0.1, 0.15) is 10.6 Å². The molecule has 0 aliphatic carbocycles. The molecule has 1 aromatic heterocycles. The third-order valence-electron chi connectivity index (χ3n) is 3.45. The molecule has 1 amide bonds. The third kappa shape index (κ3) is 3.79. The predicted molar refractivity (Wildman–Crippen MR) is 87.0 cm³/mol. The minimum atomic E-state index is -3.77. The molecule has 23 heavy (non-hydrogen) atoms. The van der Waals surface area contributed by atoms with Crippen molar-refractivity contribution in [3.63, 3.8) is 0 Å². The Labute approximate surface area is 135 Å². The summed E-state index contributed by atoms with van der Waals surface area (Å²) in [6.07, 6.45) is 1.38. The lowest BCUT2D eigenvalue weighted by atomic mass is 10.2. The van der Waals surface area contributed by atoms with E-state index in [-0.39, 0.29) is 30.2 Å². The summed E-state index contributed by atoms with van der Waals surface area (Å²) in [4.78, 5) is 11.3. The van der Waals surface area contributed by atoms with Gasteiger partial charge in [-0.2, -0.15) is 4.31 Å². The molecule has 124 valence electrons. The van der Waals surface area contributed by atoms with Gasteiger partial charge in [0.15, 0.2) is 0 Å². The molecule has 7 nitrogen and oxygen atoms in total. The van der Waals surface area contributed by atoms with Crippen molar-refractivity contribution < 1.29 is 13.2 Å². The van der Waals surface area contributed by atoms with E-state index in [0.29, 0.717) is 0 Å². The zero-order chi connectivity index (χ0) is 17.0. The van der Waals surface area contributed by atoms with Gasteiger partial charge in [-0.05, 0) is 11.6 Å². The number of rotatable bonds is 7. The number of primary amides is 1. The van der Waals surface area contributed by atoms with Gasteiger partial charge in [0.2, 0.25) is 10.0 Å². The van der Waals surface area contributed by atoms with Crippen LogP contribution in [-0.4, -0.2) is 36.3 Å². The standard InChI is InChI=1S/C15H20N4O3S/c1-18-11-13(9-14(18)15(17)20)23(21,22)19(8-7-16)10-12-5-3-2-4-6-12/h2-6,9,11H,7-8,10,16H2,1H3,(H2,17,20). The highest BCUT2D eigenvalue weighted by Gasteiger charge is 2.26. The van der Waals surface area contributed by atoms with E-state index in [2.05, 4.69) is 0 Å². The summed E-state index contributed by atoms with van der Waals surface area (Å²) in [5, 5.41) is 0. The average Bonchev–Trinajstić information content (AvgIpc) is 2.91. The molecule has 4 N–H and O–H groups in total. The molecule has 0 unspecified atom stereocenters. The van der Waals surface area contributed by atoms with Crippen molar-refractivity contribution in [2.45, 2.75) is 11.4 Å². The van der Waals surface area contributed by atoms with Crippen LogP contribution < -0.4 is 11.5 Å². The number of amides is 1. The van der Waals surface area contributed by atoms with E-state index in [4.69, 9.17) is 11.5 Å². The van der Waals surface area contributed by atoms with Gasteiger partial charge in [0, 0.05) is 32.9 Å². The largest absolute Gasteiger partial charge is 0.364 e. The zero-order valence-corrected chi connectivity index (χ0v) is 13.7. The smallest absolute Gasteiger partial charge is 0.265 e. The third-order valence-corrected chi connectivity index (χ3v) is 5.26. The van der Waals surface area contributed by atoms with E-state index >= 15 is 0 Å². The van der Waals surface area contributed by atoms with E-state index in [1.165, 1.54) is 21.1 Å². The number of carbonyl (C=O) groups excluding carboxylic acids is 1. The fourth-order valence-corrected chi connectivity index (χ4v) is 3.80. The van der Waals surface area contributed by atoms with Gasteiger partial charge < -0.3 is 16.0 Å². The quantitative estimate of drug-likeness (QED) is 0.756. The number of sulfonamides is 1. The second-order valence-corrected chi connectivity index (χ2v) is 7.09. The Morgan fingerprint density at radius 3 is 2.43 bits per heavy atom. The molecule has 0 fully saturated rings. The summed E-state index contributed by atoms with van der Waals surface area (Å²) in [6.45, 7) is 0.584. The van der Waals surface area contributed by atoms with Crippen LogP contribution in [0.1, 0.15) is 16.1 Å². The average molecular weight is 336 g/mol. The van der Waals surface area contributed by atoms with Gasteiger partial charge in [-0.1, -0.05) is 30.3 Å². The van der Waals surface area contributed by atoms with Gasteiger partial charge in [0.05, 0.1) is 0 Å². The molecule has 0 aliphatic heterocycles. The van der Waals surface area contributed by atoms with Gasteiger partial charge in [0.25, 0.3) is 5.91 Å². The van der Waals surface area contributed by atoms with Crippen LogP contribution in [0.4, 0.5) is 0 Å². The van der Waals surface area contributed by atoms with Crippen molar-refractivity contribution in [3.8, 4) is 0 Å². The first kappa shape index (κ1) is 17.2. The monoisotopic (exact) mass is 336 g/mol. The molecule has 2 aromatic rings. The van der Waals surface area contributed by atoms with Gasteiger partial charge in [-0.15, -0.1) is 0 Å². The van der Waals surface area contributed by atoms with E-state index in [0.717, 1.165) is 5.56 Å². The van der Waals surface area contributed by atoms with Crippen LogP contribution in [0.3, 0.4) is 0 Å². The van der Waals surface area contributed by atoms with E-state index in [9.17, 15) is 13.2 Å². The summed E-state index contributed by atoms with van der Waals surface area (Å²) in [5.74, 6) is -0.678. The Kier molecular flexibility index (Phi) is 5.19. The van der Waals surface area contributed by atoms with Crippen LogP contribution in [0.2, 0.25) is 0 Å². The Morgan fingerprint density at radius 2 is 1.91 bits per heavy atom. The summed E-state index contributed by atoms with van der Waals surface area (Å²) < 4.78 is 28.3. The van der Waals surface area contributed by atoms with E-state index < -0.39 is 15.9 Å². The summed E-state index contributed by atoms with van der Waals surface area (Å²) in [5.41, 5.74) is 11.8. The van der Waals surface area contributed by atoms with Gasteiger partial charge >= 0.3 is 0 Å². The molecule has 0 bridgehead atoms. The van der Waals surface area contributed by atoms with Crippen molar-refractivity contribution in [3.05, 3.63) is 53.9 Å². The maximum absolute atomic E-state index is 12.8. The second-order valence-electron chi connectivity index (χ2n) is 5.15. The zero-order valence-electron chi connectivity index (χ0n) is 12.8. The molecule has 0 saturated carbocycles. The van der Waals surface area contributed by atoms with Crippen LogP contribution in [0, 0.1) is 0 Å². The summed E-state index contributed by atoms with van der Waals surface area (Å²) in [6, 6.07) is 10.5. The Balaban J connectivity index is 2.37. The number of hydrogen-bond donors (Lipinski definition) is 2. The number of nitrogens with zero attached hydrogens (tertiary/aromatic N) is 2. The Morgan fingerprint density at radius 1 is 1.26 bits per heavy atom. The molecule has 1 heterocycles. The van der Waals surface area contributed by atoms with Crippen LogP contribution in [0.15, 0.2) is 47.5 Å². The molecule has 0 aliphatic rings. The van der Waals surface area contributed by atoms with Crippen molar-refractivity contribution in [1.82, 2.24) is 8.87 Å². The number of benzene rings is 1. The normalized spacial score (nSPS) is 11.8. The molecular weight excluding hydrogens is 316 g/mol. The van der Waals surface area contributed by atoms with Crippen LogP contribution >= 0.6 is 0 Å². The van der Waals surface area contributed by atoms with Crippen molar-refractivity contribution in [2.75, 3.05) is 13.1 Å². The van der Waals surface area contributed by atoms with E-state index in [1.54, 1.807) is 7.05 Å². The topological polar surface area (TPSA) is 111 Å². The number of aromatic nitrogens is 1. The fourth-order valence-electron chi connectivity index (χ4n) is 2.28. The van der Waals surface area contributed by atoms with E-state index in [1.807, 2.05) is 30.3 Å². The van der Waals surface area contributed by atoms with Crippen molar-refractivity contribution in [2.24, 2.45) is 18.5 Å². The molecule has 0 spiro atoms. The number of carbonyl (C=O) groups is 1. The van der Waals surface area contributed by atoms with Crippen molar-refractivity contribution in [1.29, 1.82) is 0 Å². The Hall–Kier alpha value is -2.16. The lowest BCUT2D eigenvalue weighted by Gasteiger charge is -2.21. The van der Waals surface area contributed by atoms with Crippen LogP contribution in [-0.2, 0) is 23.6 Å². The highest BCUT2D eigenvalue weighted by Crippen LogP contribution is 2.20. The molecule has 8 heteroatoms. The molecule has 0 saturated heterocycles. The molecular formula is C15H20N4O3S. The molecule has 2 rings (SSSR count). The number of nitrogens with two attached hydrogens (primary N) is 2. The fraction of sp³-hybridized carbons (Fsp3) is 0.267. The SMILES string of the molecule is Cn1cc(S(=O)(=O)N(CCN)Cc2ccccc2)cc1C(N)=O. The second kappa shape index (κ2) is 6.95. The lowest BCUT2D eigenvalue weighted by molar-refractivity contribution is 0.0992. The summed E-state index contributed by atoms with van der Waals surface area (Å²) in [7, 11) is -2.20. The first-order valence-corrected chi connectivity index (χ1v) is 8.50. The van der Waals surface area contributed by atoms with Crippen LogP contribution in [0.5, 0.6) is 0 Å². The number of hydrogen-bond acceptors (Lipinski definition) is 4. The van der Waals surface area contributed by atoms with Crippen LogP contribution in [0.25, 0.3) is 0 Å². The van der Waals surface area contributed by atoms with Crippen molar-refractivity contribution >= 4 is 15.9 Å². The lowest BCUT2D eigenvalue weighted by Crippen LogP contribution is -2.34. The highest BCUT2D eigenvalue weighted by atomic mass is 32.2. The van der Waals surface area contributed by atoms with Gasteiger partial charge in [-0.3, -0.25) is 4.79 Å². The first-order valence-electron chi connectivity index (χ1n) is 7.06. The minimum absolute atomic E-state index is 0.0261.